The molecule has 6 rings (SSSR count). The molecule has 0 bridgehead atoms. The van der Waals surface area contributed by atoms with Crippen molar-refractivity contribution in [1.29, 1.82) is 0 Å². The normalized spacial score (nSPS) is 26.5. The number of hydrogen-bond donors (Lipinski definition) is 0. The van der Waals surface area contributed by atoms with Crippen molar-refractivity contribution >= 4 is 40.6 Å². The number of aliphatic imine (C=N–C) groups is 2. The molecule has 10 heteroatoms. The smallest absolute Gasteiger partial charge is 0.205 e. The molecule has 3 aliphatic rings. The highest BCUT2D eigenvalue weighted by Crippen LogP contribution is 2.48. The quantitative estimate of drug-likeness (QED) is 0.576. The average molecular weight is 441 g/mol. The highest BCUT2D eigenvalue weighted by molar-refractivity contribution is 7.09. The topological polar surface area (TPSA) is 89.0 Å². The number of nitrogens with zero attached hydrogens (tertiary/aromatic N) is 6. The summed E-state index contributed by atoms with van der Waals surface area (Å²) in [5, 5.41) is 8.89. The molecule has 0 radical (unpaired) electrons. The van der Waals surface area contributed by atoms with Crippen LogP contribution in [0.3, 0.4) is 0 Å². The highest BCUT2D eigenvalue weighted by Gasteiger charge is 2.52. The summed E-state index contributed by atoms with van der Waals surface area (Å²) in [4.78, 5) is 11.9. The molecule has 0 unspecified atom stereocenters. The number of halogens is 1. The Morgan fingerprint density at radius 2 is 2.06 bits per heavy atom. The second kappa shape index (κ2) is 6.64. The Bertz CT molecular complexity index is 1240. The van der Waals surface area contributed by atoms with Gasteiger partial charge < -0.3 is 14.2 Å². The number of aryl methyl sites for hydroxylation is 1. The minimum absolute atomic E-state index is 0.0296. The molecular weight excluding hydrogens is 419 g/mol. The highest BCUT2D eigenvalue weighted by atomic mass is 32.1. The Morgan fingerprint density at radius 3 is 2.81 bits per heavy atom. The van der Waals surface area contributed by atoms with Crippen molar-refractivity contribution in [3.8, 4) is 10.6 Å². The Hall–Kier alpha value is -2.72. The third kappa shape index (κ3) is 2.64. The van der Waals surface area contributed by atoms with Crippen LogP contribution in [0.1, 0.15) is 25.1 Å². The van der Waals surface area contributed by atoms with E-state index in [1.807, 2.05) is 39.3 Å². The number of benzene rings is 1. The molecular formula is C21H21FN6O2S. The summed E-state index contributed by atoms with van der Waals surface area (Å²) in [5.74, 6) is -0.382. The first-order chi connectivity index (χ1) is 15.0. The Morgan fingerprint density at radius 1 is 1.26 bits per heavy atom. The van der Waals surface area contributed by atoms with E-state index >= 15 is 4.39 Å². The second-order valence-corrected chi connectivity index (χ2v) is 9.35. The van der Waals surface area contributed by atoms with Gasteiger partial charge in [-0.25, -0.2) is 4.39 Å². The number of fused-ring (bicyclic) bond motifs is 5. The maximum atomic E-state index is 16.0. The van der Waals surface area contributed by atoms with Crippen molar-refractivity contribution < 1.29 is 13.7 Å². The third-order valence-electron chi connectivity index (χ3n) is 6.47. The molecule has 2 aromatic heterocycles. The van der Waals surface area contributed by atoms with Gasteiger partial charge in [-0.1, -0.05) is 9.64 Å². The lowest BCUT2D eigenvalue weighted by atomic mass is 9.69. The van der Waals surface area contributed by atoms with Gasteiger partial charge in [-0.15, -0.1) is 5.10 Å². The molecule has 3 aromatic rings. The van der Waals surface area contributed by atoms with Gasteiger partial charge in [0.1, 0.15) is 17.2 Å². The summed E-state index contributed by atoms with van der Waals surface area (Å²) < 4.78 is 31.6. The van der Waals surface area contributed by atoms with Crippen molar-refractivity contribution in [3.63, 3.8) is 0 Å². The number of rotatable bonds is 1. The molecule has 1 fully saturated rings. The summed E-state index contributed by atoms with van der Waals surface area (Å²) in [7, 11) is 0. The largest absolute Gasteiger partial charge is 0.372 e. The van der Waals surface area contributed by atoms with Crippen LogP contribution in [0.4, 0.5) is 10.1 Å². The van der Waals surface area contributed by atoms with Crippen molar-refractivity contribution in [2.24, 2.45) is 15.4 Å². The van der Waals surface area contributed by atoms with Crippen LogP contribution in [-0.2, 0) is 11.2 Å². The van der Waals surface area contributed by atoms with E-state index in [2.05, 4.69) is 29.6 Å². The van der Waals surface area contributed by atoms with Crippen molar-refractivity contribution in [2.75, 3.05) is 18.1 Å². The van der Waals surface area contributed by atoms with E-state index in [4.69, 9.17) is 9.26 Å². The minimum atomic E-state index is -0.454. The Labute approximate surface area is 182 Å². The van der Waals surface area contributed by atoms with E-state index in [1.165, 1.54) is 11.5 Å². The molecule has 0 amide bonds. The average Bonchev–Trinajstić information content (AvgIpc) is 3.33. The lowest BCUT2D eigenvalue weighted by Crippen LogP contribution is -2.65. The van der Waals surface area contributed by atoms with E-state index in [-0.39, 0.29) is 29.7 Å². The van der Waals surface area contributed by atoms with Crippen LogP contribution in [0.15, 0.2) is 20.6 Å². The molecule has 5 heterocycles. The van der Waals surface area contributed by atoms with Crippen LogP contribution in [-0.4, -0.2) is 58.6 Å². The third-order valence-corrected chi connectivity index (χ3v) is 7.30. The molecule has 3 atom stereocenters. The van der Waals surface area contributed by atoms with Crippen LogP contribution in [0.25, 0.3) is 21.5 Å². The van der Waals surface area contributed by atoms with E-state index in [0.29, 0.717) is 36.4 Å². The van der Waals surface area contributed by atoms with Gasteiger partial charge in [-0.3, -0.25) is 9.98 Å². The van der Waals surface area contributed by atoms with Gasteiger partial charge in [0.2, 0.25) is 5.58 Å². The zero-order valence-electron chi connectivity index (χ0n) is 17.4. The monoisotopic (exact) mass is 440 g/mol. The van der Waals surface area contributed by atoms with Crippen LogP contribution in [0.2, 0.25) is 0 Å². The molecule has 160 valence electrons. The van der Waals surface area contributed by atoms with Gasteiger partial charge in [-0.2, -0.15) is 0 Å². The predicted octanol–water partition coefficient (Wildman–Crippen LogP) is 3.43. The van der Waals surface area contributed by atoms with Crippen molar-refractivity contribution in [2.45, 2.75) is 45.4 Å². The van der Waals surface area contributed by atoms with Gasteiger partial charge in [0, 0.05) is 19.0 Å². The number of aromatic nitrogens is 3. The summed E-state index contributed by atoms with van der Waals surface area (Å²) in [6, 6.07) is 1.89. The van der Waals surface area contributed by atoms with E-state index in [0.717, 1.165) is 16.1 Å². The van der Waals surface area contributed by atoms with Crippen LogP contribution >= 0.6 is 11.5 Å². The van der Waals surface area contributed by atoms with Crippen molar-refractivity contribution in [3.05, 3.63) is 23.1 Å². The van der Waals surface area contributed by atoms with Crippen molar-refractivity contribution in [1.82, 2.24) is 14.7 Å². The summed E-state index contributed by atoms with van der Waals surface area (Å²) in [6.07, 6.45) is 4.39. The minimum Gasteiger partial charge on any atom is -0.372 e. The first-order valence-corrected chi connectivity index (χ1v) is 11.1. The number of anilines is 1. The molecule has 0 N–H and O–H groups in total. The molecule has 3 aliphatic heterocycles. The Balaban J connectivity index is 1.60. The molecule has 8 nitrogen and oxygen atoms in total. The molecule has 1 aromatic carbocycles. The molecule has 1 saturated heterocycles. The fraction of sp³-hybridized carbons (Fsp3) is 0.476. The van der Waals surface area contributed by atoms with Gasteiger partial charge in [0.15, 0.2) is 5.82 Å². The van der Waals surface area contributed by atoms with Gasteiger partial charge in [-0.05, 0) is 50.4 Å². The molecule has 31 heavy (non-hydrogen) atoms. The number of morpholine rings is 1. The zero-order chi connectivity index (χ0) is 21.3. The lowest BCUT2D eigenvalue weighted by Gasteiger charge is -2.54. The second-order valence-electron chi connectivity index (χ2n) is 8.60. The van der Waals surface area contributed by atoms with Crippen LogP contribution in [0, 0.1) is 18.2 Å². The zero-order valence-corrected chi connectivity index (χ0v) is 18.2. The van der Waals surface area contributed by atoms with Crippen LogP contribution in [0.5, 0.6) is 0 Å². The lowest BCUT2D eigenvalue weighted by molar-refractivity contribution is -0.0432. The number of ether oxygens (including phenoxy) is 1. The molecule has 0 saturated carbocycles. The summed E-state index contributed by atoms with van der Waals surface area (Å²) in [5.41, 5.74) is 2.49. The van der Waals surface area contributed by atoms with E-state index in [1.54, 1.807) is 0 Å². The standard InChI is InChI=1S/C21H21FN6O2S/c1-10-6-28-17-13(5-21(7-23-9-24-8-21)20(28)12(3)29-10)4-14-16(19-11(2)25-27-31-19)26-30-18(14)15(17)22/h4,7-8,10,12,20H,5-6,9H2,1-3H3/t10-,12+,20-/m0/s1. The molecule has 0 aliphatic carbocycles. The first-order valence-electron chi connectivity index (χ1n) is 10.3. The summed E-state index contributed by atoms with van der Waals surface area (Å²) >= 11 is 1.23. The maximum Gasteiger partial charge on any atom is 0.205 e. The van der Waals surface area contributed by atoms with Gasteiger partial charge >= 0.3 is 0 Å². The SMILES string of the molecule is Cc1nnsc1-c1noc2c(F)c3c(cc12)CC1(C=NCN=C1)[C@@H]1[C@@H](C)O[C@@H](C)CN31. The Kier molecular flexibility index (Phi) is 4.07. The van der Waals surface area contributed by atoms with Gasteiger partial charge in [0.25, 0.3) is 0 Å². The molecule has 1 spiro atoms. The van der Waals surface area contributed by atoms with E-state index < -0.39 is 5.41 Å². The van der Waals surface area contributed by atoms with Gasteiger partial charge in [0.05, 0.1) is 40.4 Å². The first kappa shape index (κ1) is 19.0. The van der Waals surface area contributed by atoms with Crippen LogP contribution < -0.4 is 4.90 Å². The maximum absolute atomic E-state index is 16.0. The predicted molar refractivity (Wildman–Crippen MR) is 117 cm³/mol. The number of hydrogen-bond acceptors (Lipinski definition) is 9. The fourth-order valence-corrected chi connectivity index (χ4v) is 6.06. The van der Waals surface area contributed by atoms with E-state index in [9.17, 15) is 0 Å². The summed E-state index contributed by atoms with van der Waals surface area (Å²) in [6.45, 7) is 6.91. The fourth-order valence-electron chi connectivity index (χ4n) is 5.40.